The molecular formula is C8H17N3O2. The quantitative estimate of drug-likeness (QED) is 0.484. The normalized spacial score (nSPS) is 13.9. The topological polar surface area (TPSA) is 78.9 Å². The zero-order valence-corrected chi connectivity index (χ0v) is 8.32. The third-order valence-corrected chi connectivity index (χ3v) is 1.59. The van der Waals surface area contributed by atoms with Crippen LogP contribution >= 0.6 is 0 Å². The number of carboxylic acid groups (broad SMARTS) is 1. The molecule has 1 unspecified atom stereocenters. The molecule has 0 aliphatic carbocycles. The summed E-state index contributed by atoms with van der Waals surface area (Å²) in [5, 5.41) is 8.75. The van der Waals surface area contributed by atoms with Crippen molar-refractivity contribution in [2.24, 2.45) is 10.7 Å². The first-order valence-corrected chi connectivity index (χ1v) is 4.22. The summed E-state index contributed by atoms with van der Waals surface area (Å²) >= 11 is 0. The minimum Gasteiger partial charge on any atom is -0.480 e. The van der Waals surface area contributed by atoms with Crippen LogP contribution in [0.5, 0.6) is 0 Å². The summed E-state index contributed by atoms with van der Waals surface area (Å²) in [4.78, 5) is 16.1. The Morgan fingerprint density at radius 1 is 1.62 bits per heavy atom. The lowest BCUT2D eigenvalue weighted by Gasteiger charge is -2.13. The molecule has 0 spiro atoms. The fourth-order valence-electron chi connectivity index (χ4n) is 0.792. The van der Waals surface area contributed by atoms with Gasteiger partial charge in [0, 0.05) is 14.1 Å². The van der Waals surface area contributed by atoms with E-state index in [1.54, 1.807) is 19.0 Å². The fourth-order valence-corrected chi connectivity index (χ4v) is 0.792. The molecule has 0 heterocycles. The summed E-state index contributed by atoms with van der Waals surface area (Å²) in [5.41, 5.74) is 5.50. The summed E-state index contributed by atoms with van der Waals surface area (Å²) in [6.45, 7) is 1.91. The molecule has 5 heteroatoms. The van der Waals surface area contributed by atoms with Crippen molar-refractivity contribution in [2.45, 2.75) is 25.8 Å². The fraction of sp³-hybridized carbons (Fsp3) is 0.750. The Bertz CT molecular complexity index is 202. The van der Waals surface area contributed by atoms with E-state index in [1.165, 1.54) is 0 Å². The van der Waals surface area contributed by atoms with Gasteiger partial charge in [-0.1, -0.05) is 13.3 Å². The highest BCUT2D eigenvalue weighted by Gasteiger charge is 2.15. The molecule has 5 nitrogen and oxygen atoms in total. The number of hydrogen-bond donors (Lipinski definition) is 2. The second-order valence-electron chi connectivity index (χ2n) is 3.02. The molecule has 0 aromatic heterocycles. The Kier molecular flexibility index (Phi) is 4.87. The SMILES string of the molecule is CCCC(N=C(N)N(C)C)C(=O)O. The highest BCUT2D eigenvalue weighted by molar-refractivity contribution is 5.82. The highest BCUT2D eigenvalue weighted by Crippen LogP contribution is 2.02. The van der Waals surface area contributed by atoms with Crippen LogP contribution in [0.15, 0.2) is 4.99 Å². The van der Waals surface area contributed by atoms with E-state index < -0.39 is 12.0 Å². The number of rotatable bonds is 4. The lowest BCUT2D eigenvalue weighted by molar-refractivity contribution is -0.138. The van der Waals surface area contributed by atoms with Crippen molar-refractivity contribution in [2.75, 3.05) is 14.1 Å². The third kappa shape index (κ3) is 4.35. The molecule has 0 aromatic rings. The maximum Gasteiger partial charge on any atom is 0.328 e. The minimum atomic E-state index is -0.924. The maximum absolute atomic E-state index is 10.7. The Balaban J connectivity index is 4.39. The Morgan fingerprint density at radius 2 is 2.15 bits per heavy atom. The van der Waals surface area contributed by atoms with Crippen LogP contribution in [0.2, 0.25) is 0 Å². The van der Waals surface area contributed by atoms with Gasteiger partial charge in [-0.25, -0.2) is 9.79 Å². The first kappa shape index (κ1) is 11.7. The highest BCUT2D eigenvalue weighted by atomic mass is 16.4. The van der Waals surface area contributed by atoms with E-state index in [2.05, 4.69) is 4.99 Å². The van der Waals surface area contributed by atoms with E-state index in [-0.39, 0.29) is 5.96 Å². The van der Waals surface area contributed by atoms with Crippen molar-refractivity contribution in [3.05, 3.63) is 0 Å². The van der Waals surface area contributed by atoms with E-state index in [0.717, 1.165) is 6.42 Å². The molecule has 0 saturated carbocycles. The van der Waals surface area contributed by atoms with Gasteiger partial charge in [-0.05, 0) is 6.42 Å². The molecule has 0 saturated heterocycles. The molecule has 3 N–H and O–H groups in total. The number of hydrogen-bond acceptors (Lipinski definition) is 2. The van der Waals surface area contributed by atoms with Crippen LogP contribution in [0.3, 0.4) is 0 Å². The van der Waals surface area contributed by atoms with Gasteiger partial charge in [0.2, 0.25) is 0 Å². The number of nitrogens with zero attached hydrogens (tertiary/aromatic N) is 2. The molecule has 1 atom stereocenters. The number of carbonyl (C=O) groups is 1. The molecule has 0 aromatic carbocycles. The van der Waals surface area contributed by atoms with Gasteiger partial charge >= 0.3 is 5.97 Å². The first-order valence-electron chi connectivity index (χ1n) is 4.22. The summed E-state index contributed by atoms with van der Waals surface area (Å²) in [7, 11) is 3.45. The van der Waals surface area contributed by atoms with Crippen LogP contribution in [0.4, 0.5) is 0 Å². The number of nitrogens with two attached hydrogens (primary N) is 1. The van der Waals surface area contributed by atoms with E-state index >= 15 is 0 Å². The number of carboxylic acids is 1. The van der Waals surface area contributed by atoms with E-state index in [1.807, 2.05) is 6.92 Å². The van der Waals surface area contributed by atoms with Crippen LogP contribution in [0, 0.1) is 0 Å². The van der Waals surface area contributed by atoms with Crippen LogP contribution < -0.4 is 5.73 Å². The molecule has 0 fully saturated rings. The van der Waals surface area contributed by atoms with E-state index in [9.17, 15) is 4.79 Å². The molecule has 76 valence electrons. The molecule has 13 heavy (non-hydrogen) atoms. The number of aliphatic carboxylic acids is 1. The first-order chi connectivity index (χ1) is 5.99. The van der Waals surface area contributed by atoms with Crippen LogP contribution in [0.1, 0.15) is 19.8 Å². The van der Waals surface area contributed by atoms with E-state index in [0.29, 0.717) is 6.42 Å². The smallest absolute Gasteiger partial charge is 0.328 e. The van der Waals surface area contributed by atoms with Gasteiger partial charge in [0.1, 0.15) is 0 Å². The average molecular weight is 187 g/mol. The Morgan fingerprint density at radius 3 is 2.46 bits per heavy atom. The van der Waals surface area contributed by atoms with Gasteiger partial charge in [0.05, 0.1) is 0 Å². The second kappa shape index (κ2) is 5.40. The number of guanidine groups is 1. The lowest BCUT2D eigenvalue weighted by atomic mass is 10.2. The Hall–Kier alpha value is -1.26. The van der Waals surface area contributed by atoms with Crippen molar-refractivity contribution in [1.29, 1.82) is 0 Å². The van der Waals surface area contributed by atoms with Crippen molar-refractivity contribution in [1.82, 2.24) is 4.90 Å². The zero-order chi connectivity index (χ0) is 10.4. The monoisotopic (exact) mass is 187 g/mol. The van der Waals surface area contributed by atoms with Crippen LogP contribution in [-0.2, 0) is 4.79 Å². The van der Waals surface area contributed by atoms with Gasteiger partial charge in [0.15, 0.2) is 12.0 Å². The summed E-state index contributed by atoms with van der Waals surface area (Å²) in [6.07, 6.45) is 1.30. The summed E-state index contributed by atoms with van der Waals surface area (Å²) in [6, 6.07) is -0.715. The van der Waals surface area contributed by atoms with Crippen LogP contribution in [0.25, 0.3) is 0 Å². The molecule has 0 amide bonds. The molecule has 0 aliphatic rings. The maximum atomic E-state index is 10.7. The summed E-state index contributed by atoms with van der Waals surface area (Å²) < 4.78 is 0. The van der Waals surface area contributed by atoms with Gasteiger partial charge < -0.3 is 15.7 Å². The number of aliphatic imine (C=N–C) groups is 1. The van der Waals surface area contributed by atoms with E-state index in [4.69, 9.17) is 10.8 Å². The van der Waals surface area contributed by atoms with Crippen molar-refractivity contribution in [3.63, 3.8) is 0 Å². The second-order valence-corrected chi connectivity index (χ2v) is 3.02. The van der Waals surface area contributed by atoms with Gasteiger partial charge in [0.25, 0.3) is 0 Å². The van der Waals surface area contributed by atoms with Crippen molar-refractivity contribution < 1.29 is 9.90 Å². The van der Waals surface area contributed by atoms with Crippen molar-refractivity contribution >= 4 is 11.9 Å². The van der Waals surface area contributed by atoms with Crippen molar-refractivity contribution in [3.8, 4) is 0 Å². The summed E-state index contributed by atoms with van der Waals surface area (Å²) in [5.74, 6) is -0.674. The molecule has 0 bridgehead atoms. The lowest BCUT2D eigenvalue weighted by Crippen LogP contribution is -2.33. The standard InChI is InChI=1S/C8H17N3O2/c1-4-5-6(7(12)13)10-8(9)11(2)3/h6H,4-5H2,1-3H3,(H2,9,10)(H,12,13). The zero-order valence-electron chi connectivity index (χ0n) is 8.32. The average Bonchev–Trinajstić information content (AvgIpc) is 2.03. The van der Waals surface area contributed by atoms with Gasteiger partial charge in [-0.3, -0.25) is 0 Å². The molecular weight excluding hydrogens is 170 g/mol. The third-order valence-electron chi connectivity index (χ3n) is 1.59. The molecule has 0 rings (SSSR count). The predicted octanol–water partition coefficient (Wildman–Crippen LogP) is 0.116. The largest absolute Gasteiger partial charge is 0.480 e. The van der Waals surface area contributed by atoms with Gasteiger partial charge in [-0.2, -0.15) is 0 Å². The minimum absolute atomic E-state index is 0.251. The molecule has 0 radical (unpaired) electrons. The Labute approximate surface area is 78.2 Å². The molecule has 0 aliphatic heterocycles. The predicted molar refractivity (Wildman–Crippen MR) is 51.6 cm³/mol. The van der Waals surface area contributed by atoms with Crippen LogP contribution in [-0.4, -0.2) is 42.1 Å². The van der Waals surface area contributed by atoms with Gasteiger partial charge in [-0.15, -0.1) is 0 Å².